The first kappa shape index (κ1) is 9.27. The van der Waals surface area contributed by atoms with Gasteiger partial charge in [-0.2, -0.15) is 0 Å². The monoisotopic (exact) mass is 181 g/mol. The fourth-order valence-corrected chi connectivity index (χ4v) is 1.41. The van der Waals surface area contributed by atoms with E-state index in [1.54, 1.807) is 13.3 Å². The molecule has 2 heteroatoms. The van der Waals surface area contributed by atoms with Crippen LogP contribution in [0.5, 0.6) is 0 Å². The van der Waals surface area contributed by atoms with Gasteiger partial charge >= 0.3 is 0 Å². The second-order valence-electron chi connectivity index (χ2n) is 2.55. The number of nitrogens with zero attached hydrogens (tertiary/aromatic N) is 1. The molecule has 0 saturated carbocycles. The predicted octanol–water partition coefficient (Wildman–Crippen LogP) is 2.95. The third kappa shape index (κ3) is 1.86. The van der Waals surface area contributed by atoms with Gasteiger partial charge in [0, 0.05) is 23.8 Å². The van der Waals surface area contributed by atoms with Crippen LogP contribution in [0.2, 0.25) is 5.02 Å². The number of aliphatic imine (C=N–C) groups is 1. The van der Waals surface area contributed by atoms with Gasteiger partial charge in [-0.3, -0.25) is 4.99 Å². The average Bonchev–Trinajstić information content (AvgIpc) is 2.09. The SMILES string of the molecule is CCc1cccc(Cl)c1/C=N/C. The summed E-state index contributed by atoms with van der Waals surface area (Å²) in [5.74, 6) is 0. The largest absolute Gasteiger partial charge is 0.296 e. The fourth-order valence-electron chi connectivity index (χ4n) is 1.16. The molecular formula is C10H12ClN. The molecule has 0 N–H and O–H groups in total. The van der Waals surface area contributed by atoms with E-state index >= 15 is 0 Å². The van der Waals surface area contributed by atoms with Crippen molar-refractivity contribution in [3.63, 3.8) is 0 Å². The molecule has 0 aliphatic carbocycles. The number of benzene rings is 1. The molecule has 0 radical (unpaired) electrons. The first-order valence-electron chi connectivity index (χ1n) is 3.99. The van der Waals surface area contributed by atoms with Gasteiger partial charge in [0.1, 0.15) is 0 Å². The maximum atomic E-state index is 6.00. The molecule has 0 aliphatic rings. The van der Waals surface area contributed by atoms with Crippen molar-refractivity contribution >= 4 is 17.8 Å². The van der Waals surface area contributed by atoms with E-state index in [4.69, 9.17) is 11.6 Å². The quantitative estimate of drug-likeness (QED) is 0.623. The highest BCUT2D eigenvalue weighted by molar-refractivity contribution is 6.33. The van der Waals surface area contributed by atoms with Crippen molar-refractivity contribution in [3.8, 4) is 0 Å². The van der Waals surface area contributed by atoms with Crippen molar-refractivity contribution in [1.82, 2.24) is 0 Å². The molecule has 0 heterocycles. The van der Waals surface area contributed by atoms with Gasteiger partial charge in [-0.25, -0.2) is 0 Å². The van der Waals surface area contributed by atoms with Crippen molar-refractivity contribution < 1.29 is 0 Å². The smallest absolute Gasteiger partial charge is 0.0496 e. The van der Waals surface area contributed by atoms with Gasteiger partial charge in [-0.1, -0.05) is 30.7 Å². The minimum Gasteiger partial charge on any atom is -0.296 e. The molecule has 0 aliphatic heterocycles. The Morgan fingerprint density at radius 1 is 1.50 bits per heavy atom. The Bertz CT molecular complexity index is 292. The molecule has 0 spiro atoms. The first-order valence-corrected chi connectivity index (χ1v) is 4.37. The summed E-state index contributed by atoms with van der Waals surface area (Å²) in [7, 11) is 1.75. The van der Waals surface area contributed by atoms with Gasteiger partial charge in [-0.05, 0) is 18.1 Å². The van der Waals surface area contributed by atoms with Crippen molar-refractivity contribution in [2.75, 3.05) is 7.05 Å². The lowest BCUT2D eigenvalue weighted by Gasteiger charge is -2.03. The van der Waals surface area contributed by atoms with Crippen LogP contribution in [-0.4, -0.2) is 13.3 Å². The first-order chi connectivity index (χ1) is 5.79. The zero-order valence-corrected chi connectivity index (χ0v) is 8.10. The number of halogens is 1. The van der Waals surface area contributed by atoms with Crippen LogP contribution in [0, 0.1) is 0 Å². The summed E-state index contributed by atoms with van der Waals surface area (Å²) in [5.41, 5.74) is 2.29. The van der Waals surface area contributed by atoms with E-state index in [1.165, 1.54) is 5.56 Å². The Labute approximate surface area is 78.1 Å². The molecule has 0 amide bonds. The summed E-state index contributed by atoms with van der Waals surface area (Å²) in [6.07, 6.45) is 2.79. The van der Waals surface area contributed by atoms with Gasteiger partial charge in [0.15, 0.2) is 0 Å². The molecule has 1 rings (SSSR count). The number of rotatable bonds is 2. The van der Waals surface area contributed by atoms with Gasteiger partial charge in [0.05, 0.1) is 0 Å². The van der Waals surface area contributed by atoms with Crippen molar-refractivity contribution in [2.24, 2.45) is 4.99 Å². The predicted molar refractivity (Wildman–Crippen MR) is 54.3 cm³/mol. The molecule has 0 saturated heterocycles. The molecule has 0 fully saturated rings. The van der Waals surface area contributed by atoms with Crippen LogP contribution >= 0.6 is 11.6 Å². The van der Waals surface area contributed by atoms with Gasteiger partial charge < -0.3 is 0 Å². The second-order valence-corrected chi connectivity index (χ2v) is 2.96. The Kier molecular flexibility index (Phi) is 3.30. The maximum Gasteiger partial charge on any atom is 0.0496 e. The summed E-state index contributed by atoms with van der Waals surface area (Å²) in [5, 5.41) is 0.778. The van der Waals surface area contributed by atoms with Crippen LogP contribution in [0.3, 0.4) is 0 Å². The van der Waals surface area contributed by atoms with Crippen LogP contribution in [0.25, 0.3) is 0 Å². The topological polar surface area (TPSA) is 12.4 Å². The lowest BCUT2D eigenvalue weighted by Crippen LogP contribution is -1.91. The molecule has 0 atom stereocenters. The fraction of sp³-hybridized carbons (Fsp3) is 0.300. The minimum atomic E-state index is 0.778. The van der Waals surface area contributed by atoms with E-state index in [-0.39, 0.29) is 0 Å². The number of hydrogen-bond donors (Lipinski definition) is 0. The van der Waals surface area contributed by atoms with E-state index in [2.05, 4.69) is 18.0 Å². The molecule has 1 nitrogen and oxygen atoms in total. The van der Waals surface area contributed by atoms with Gasteiger partial charge in [0.25, 0.3) is 0 Å². The second kappa shape index (κ2) is 4.27. The van der Waals surface area contributed by atoms with E-state index in [9.17, 15) is 0 Å². The lowest BCUT2D eigenvalue weighted by molar-refractivity contribution is 1.13. The van der Waals surface area contributed by atoms with Crippen molar-refractivity contribution in [1.29, 1.82) is 0 Å². The lowest BCUT2D eigenvalue weighted by atomic mass is 10.1. The Hall–Kier alpha value is -0.820. The molecule has 1 aromatic rings. The van der Waals surface area contributed by atoms with E-state index < -0.39 is 0 Å². The number of hydrogen-bond acceptors (Lipinski definition) is 1. The molecule has 0 aromatic heterocycles. The highest BCUT2D eigenvalue weighted by Crippen LogP contribution is 2.18. The average molecular weight is 182 g/mol. The summed E-state index contributed by atoms with van der Waals surface area (Å²) >= 11 is 6.00. The van der Waals surface area contributed by atoms with E-state index in [0.29, 0.717) is 0 Å². The van der Waals surface area contributed by atoms with Crippen LogP contribution < -0.4 is 0 Å². The molecule has 12 heavy (non-hydrogen) atoms. The molecule has 64 valence electrons. The normalized spacial score (nSPS) is 10.9. The van der Waals surface area contributed by atoms with Crippen LogP contribution in [0.1, 0.15) is 18.1 Å². The molecular weight excluding hydrogens is 170 g/mol. The van der Waals surface area contributed by atoms with Gasteiger partial charge in [-0.15, -0.1) is 0 Å². The Morgan fingerprint density at radius 2 is 2.25 bits per heavy atom. The zero-order chi connectivity index (χ0) is 8.97. The zero-order valence-electron chi connectivity index (χ0n) is 7.34. The third-order valence-electron chi connectivity index (χ3n) is 1.78. The molecule has 0 bridgehead atoms. The number of aryl methyl sites for hydroxylation is 1. The Morgan fingerprint density at radius 3 is 2.83 bits per heavy atom. The van der Waals surface area contributed by atoms with Crippen molar-refractivity contribution in [2.45, 2.75) is 13.3 Å². The standard InChI is InChI=1S/C10H12ClN/c1-3-8-5-4-6-10(11)9(8)7-12-2/h4-7H,3H2,1-2H3/b12-7+. The van der Waals surface area contributed by atoms with E-state index in [1.807, 2.05) is 12.1 Å². The van der Waals surface area contributed by atoms with Crippen LogP contribution in [-0.2, 0) is 6.42 Å². The van der Waals surface area contributed by atoms with E-state index in [0.717, 1.165) is 17.0 Å². The summed E-state index contributed by atoms with van der Waals surface area (Å²) in [4.78, 5) is 3.97. The summed E-state index contributed by atoms with van der Waals surface area (Å²) in [6.45, 7) is 2.11. The van der Waals surface area contributed by atoms with Crippen LogP contribution in [0.15, 0.2) is 23.2 Å². The van der Waals surface area contributed by atoms with Gasteiger partial charge in [0.2, 0.25) is 0 Å². The highest BCUT2D eigenvalue weighted by Gasteiger charge is 2.01. The van der Waals surface area contributed by atoms with Crippen molar-refractivity contribution in [3.05, 3.63) is 34.3 Å². The minimum absolute atomic E-state index is 0.778. The summed E-state index contributed by atoms with van der Waals surface area (Å²) in [6, 6.07) is 5.93. The summed E-state index contributed by atoms with van der Waals surface area (Å²) < 4.78 is 0. The maximum absolute atomic E-state index is 6.00. The third-order valence-corrected chi connectivity index (χ3v) is 2.11. The molecule has 1 aromatic carbocycles. The van der Waals surface area contributed by atoms with Crippen LogP contribution in [0.4, 0.5) is 0 Å². The Balaban J connectivity index is 3.19. The highest BCUT2D eigenvalue weighted by atomic mass is 35.5. The molecule has 0 unspecified atom stereocenters.